The largest absolute Gasteiger partial charge is 0.462 e. The molecular weight excluding hydrogens is 323 g/mol. The Morgan fingerprint density at radius 2 is 1.38 bits per heavy atom. The highest BCUT2D eigenvalue weighted by Gasteiger charge is 2.22. The quantitative estimate of drug-likeness (QED) is 0.431. The molecule has 24 heavy (non-hydrogen) atoms. The van der Waals surface area contributed by atoms with Crippen molar-refractivity contribution in [3.63, 3.8) is 0 Å². The maximum atomic E-state index is 13.5. The smallest absolute Gasteiger partial charge is 0.407 e. The van der Waals surface area contributed by atoms with E-state index < -0.39 is 42.1 Å². The molecule has 0 saturated carbocycles. The topological polar surface area (TPSA) is 103 Å². The lowest BCUT2D eigenvalue weighted by molar-refractivity contribution is -0.149. The van der Waals surface area contributed by atoms with E-state index in [1.807, 2.05) is 0 Å². The van der Waals surface area contributed by atoms with Crippen molar-refractivity contribution in [2.75, 3.05) is 19.7 Å². The molecule has 0 aliphatic carbocycles. The van der Waals surface area contributed by atoms with Crippen LogP contribution in [0.3, 0.4) is 0 Å². The molecule has 1 unspecified atom stereocenters. The molecule has 0 heterocycles. The van der Waals surface area contributed by atoms with E-state index >= 15 is 0 Å². The second-order valence-electron chi connectivity index (χ2n) is 6.95. The lowest BCUT2D eigenvalue weighted by atomic mass is 10.2. The standard InChI is InChI=1S/C15H27FN2O6/c1-14(2,3)23-12(20)17-7-8-22-11(19)10(16)9-18-13(21)24-15(4,5)6/h10H,7-9H2,1-6H3,(H,17,20)(H,18,21). The van der Waals surface area contributed by atoms with Crippen LogP contribution in [-0.2, 0) is 19.0 Å². The van der Waals surface area contributed by atoms with Crippen LogP contribution in [0.4, 0.5) is 14.0 Å². The Balaban J connectivity index is 3.91. The van der Waals surface area contributed by atoms with E-state index in [1.54, 1.807) is 41.5 Å². The van der Waals surface area contributed by atoms with Gasteiger partial charge in [0.15, 0.2) is 0 Å². The van der Waals surface area contributed by atoms with E-state index in [1.165, 1.54) is 0 Å². The van der Waals surface area contributed by atoms with Crippen LogP contribution in [0.5, 0.6) is 0 Å². The number of hydrogen-bond donors (Lipinski definition) is 2. The predicted molar refractivity (Wildman–Crippen MR) is 84.3 cm³/mol. The van der Waals surface area contributed by atoms with Gasteiger partial charge in [0, 0.05) is 0 Å². The lowest BCUT2D eigenvalue weighted by Crippen LogP contribution is -2.39. The predicted octanol–water partition coefficient (Wildman–Crippen LogP) is 1.92. The summed E-state index contributed by atoms with van der Waals surface area (Å²) >= 11 is 0. The van der Waals surface area contributed by atoms with Gasteiger partial charge in [0.05, 0.1) is 13.1 Å². The maximum Gasteiger partial charge on any atom is 0.407 e. The van der Waals surface area contributed by atoms with Gasteiger partial charge in [-0.1, -0.05) is 0 Å². The molecule has 0 aromatic heterocycles. The van der Waals surface area contributed by atoms with Gasteiger partial charge in [-0.15, -0.1) is 0 Å². The van der Waals surface area contributed by atoms with E-state index in [0.717, 1.165) is 0 Å². The molecule has 0 spiro atoms. The maximum absolute atomic E-state index is 13.5. The number of carbonyl (C=O) groups is 3. The number of carbonyl (C=O) groups excluding carboxylic acids is 3. The first kappa shape index (κ1) is 21.9. The van der Waals surface area contributed by atoms with Crippen LogP contribution in [0, 0.1) is 0 Å². The Kier molecular flexibility index (Phi) is 8.49. The first-order valence-corrected chi connectivity index (χ1v) is 7.54. The number of alkyl carbamates (subject to hydrolysis) is 2. The summed E-state index contributed by atoms with van der Waals surface area (Å²) in [6, 6.07) is 0. The molecule has 0 aromatic carbocycles. The molecule has 0 aromatic rings. The normalized spacial score (nSPS) is 12.8. The average molecular weight is 350 g/mol. The van der Waals surface area contributed by atoms with Crippen molar-refractivity contribution >= 4 is 18.2 Å². The third kappa shape index (κ3) is 12.5. The fourth-order valence-corrected chi connectivity index (χ4v) is 1.28. The number of halogens is 1. The molecule has 0 aliphatic rings. The van der Waals surface area contributed by atoms with Gasteiger partial charge in [-0.3, -0.25) is 0 Å². The molecule has 2 N–H and O–H groups in total. The second kappa shape index (κ2) is 9.29. The highest BCUT2D eigenvalue weighted by Crippen LogP contribution is 2.07. The molecular formula is C15H27FN2O6. The van der Waals surface area contributed by atoms with Crippen molar-refractivity contribution in [3.8, 4) is 0 Å². The molecule has 8 nitrogen and oxygen atoms in total. The van der Waals surface area contributed by atoms with Gasteiger partial charge in [-0.25, -0.2) is 18.8 Å². The van der Waals surface area contributed by atoms with E-state index in [9.17, 15) is 18.8 Å². The number of alkyl halides is 1. The number of amides is 2. The van der Waals surface area contributed by atoms with E-state index in [-0.39, 0.29) is 13.2 Å². The van der Waals surface area contributed by atoms with Crippen molar-refractivity contribution in [3.05, 3.63) is 0 Å². The molecule has 1 atom stereocenters. The summed E-state index contributed by atoms with van der Waals surface area (Å²) in [5, 5.41) is 4.49. The summed E-state index contributed by atoms with van der Waals surface area (Å²) in [6.07, 6.45) is -3.52. The number of ether oxygens (including phenoxy) is 3. The van der Waals surface area contributed by atoms with E-state index in [0.29, 0.717) is 0 Å². The van der Waals surface area contributed by atoms with Crippen LogP contribution in [0.25, 0.3) is 0 Å². The van der Waals surface area contributed by atoms with Crippen molar-refractivity contribution < 1.29 is 33.0 Å². The molecule has 0 radical (unpaired) electrons. The summed E-state index contributed by atoms with van der Waals surface area (Å²) in [7, 11) is 0. The number of rotatable bonds is 6. The summed E-state index contributed by atoms with van der Waals surface area (Å²) in [6.45, 7) is 9.29. The second-order valence-corrected chi connectivity index (χ2v) is 6.95. The monoisotopic (exact) mass is 350 g/mol. The molecule has 0 fully saturated rings. The summed E-state index contributed by atoms with van der Waals surface area (Å²) in [5.74, 6) is -1.14. The van der Waals surface area contributed by atoms with Crippen LogP contribution < -0.4 is 10.6 Å². The fourth-order valence-electron chi connectivity index (χ4n) is 1.28. The van der Waals surface area contributed by atoms with Crippen molar-refractivity contribution in [1.82, 2.24) is 10.6 Å². The fraction of sp³-hybridized carbons (Fsp3) is 0.800. The van der Waals surface area contributed by atoms with Gasteiger partial charge in [0.25, 0.3) is 0 Å². The summed E-state index contributed by atoms with van der Waals surface area (Å²) in [5.41, 5.74) is -1.36. The van der Waals surface area contributed by atoms with Gasteiger partial charge >= 0.3 is 18.2 Å². The van der Waals surface area contributed by atoms with Crippen LogP contribution >= 0.6 is 0 Å². The Bertz CT molecular complexity index is 442. The van der Waals surface area contributed by atoms with Gasteiger partial charge in [-0.05, 0) is 41.5 Å². The summed E-state index contributed by atoms with van der Waals surface area (Å²) in [4.78, 5) is 34.0. The Morgan fingerprint density at radius 1 is 0.917 bits per heavy atom. The lowest BCUT2D eigenvalue weighted by Gasteiger charge is -2.20. The first-order valence-electron chi connectivity index (χ1n) is 7.54. The van der Waals surface area contributed by atoms with E-state index in [2.05, 4.69) is 15.4 Å². The van der Waals surface area contributed by atoms with Crippen LogP contribution in [0.15, 0.2) is 0 Å². The Labute approximate surface area is 141 Å². The highest BCUT2D eigenvalue weighted by atomic mass is 19.1. The minimum Gasteiger partial charge on any atom is -0.462 e. The summed E-state index contributed by atoms with van der Waals surface area (Å²) < 4.78 is 28.1. The van der Waals surface area contributed by atoms with Crippen LogP contribution in [-0.4, -0.2) is 55.2 Å². The zero-order valence-corrected chi connectivity index (χ0v) is 15.0. The minimum absolute atomic E-state index is 0.0210. The number of esters is 1. The zero-order valence-electron chi connectivity index (χ0n) is 15.0. The Hall–Kier alpha value is -2.06. The van der Waals surface area contributed by atoms with Crippen LogP contribution in [0.2, 0.25) is 0 Å². The van der Waals surface area contributed by atoms with Gasteiger partial charge in [-0.2, -0.15) is 0 Å². The van der Waals surface area contributed by atoms with Gasteiger partial charge < -0.3 is 24.8 Å². The minimum atomic E-state index is -2.03. The van der Waals surface area contributed by atoms with Crippen molar-refractivity contribution in [2.45, 2.75) is 58.9 Å². The number of nitrogens with one attached hydrogen (secondary N) is 2. The average Bonchev–Trinajstić information content (AvgIpc) is 2.36. The SMILES string of the molecule is CC(C)(C)OC(=O)NCCOC(=O)C(F)CNC(=O)OC(C)(C)C. The van der Waals surface area contributed by atoms with E-state index in [4.69, 9.17) is 9.47 Å². The molecule has 140 valence electrons. The van der Waals surface area contributed by atoms with Gasteiger partial charge in [0.1, 0.15) is 17.8 Å². The number of hydrogen-bond acceptors (Lipinski definition) is 6. The third-order valence-corrected chi connectivity index (χ3v) is 2.09. The molecule has 0 rings (SSSR count). The molecule has 0 bridgehead atoms. The molecule has 0 saturated heterocycles. The van der Waals surface area contributed by atoms with Crippen molar-refractivity contribution in [2.24, 2.45) is 0 Å². The van der Waals surface area contributed by atoms with Gasteiger partial charge in [0.2, 0.25) is 6.17 Å². The highest BCUT2D eigenvalue weighted by molar-refractivity contribution is 5.76. The van der Waals surface area contributed by atoms with Crippen LogP contribution in [0.1, 0.15) is 41.5 Å². The first-order chi connectivity index (χ1) is 10.8. The van der Waals surface area contributed by atoms with Crippen molar-refractivity contribution in [1.29, 1.82) is 0 Å². The zero-order chi connectivity index (χ0) is 19.0. The molecule has 9 heteroatoms. The third-order valence-electron chi connectivity index (χ3n) is 2.09. The molecule has 0 aliphatic heterocycles. The molecule has 2 amide bonds. The Morgan fingerprint density at radius 3 is 1.83 bits per heavy atom.